The predicted molar refractivity (Wildman–Crippen MR) is 66.7 cm³/mol. The molecule has 0 saturated carbocycles. The van der Waals surface area contributed by atoms with Crippen LogP contribution in [0.2, 0.25) is 0 Å². The maximum Gasteiger partial charge on any atom is 0.164 e. The minimum Gasteiger partial charge on any atom is -0.375 e. The zero-order valence-corrected chi connectivity index (χ0v) is 10.3. The minimum atomic E-state index is 0.221. The van der Waals surface area contributed by atoms with Crippen LogP contribution in [-0.4, -0.2) is 21.4 Å². The molecule has 1 aliphatic heterocycles. The number of aryl methyl sites for hydroxylation is 1. The van der Waals surface area contributed by atoms with E-state index in [1.807, 2.05) is 13.1 Å². The van der Waals surface area contributed by atoms with Gasteiger partial charge in [-0.1, -0.05) is 24.3 Å². The normalized spacial score (nSPS) is 18.6. The van der Waals surface area contributed by atoms with Gasteiger partial charge in [-0.3, -0.25) is 4.68 Å². The third-order valence-corrected chi connectivity index (χ3v) is 3.13. The Morgan fingerprint density at radius 1 is 1.44 bits per heavy atom. The first kappa shape index (κ1) is 11.4. The van der Waals surface area contributed by atoms with Crippen LogP contribution in [-0.2, 0) is 24.9 Å². The van der Waals surface area contributed by atoms with E-state index in [2.05, 4.69) is 33.6 Å². The largest absolute Gasteiger partial charge is 0.375 e. The number of rotatable bonds is 3. The number of fused-ring (bicyclic) bond motifs is 1. The van der Waals surface area contributed by atoms with Crippen molar-refractivity contribution in [3.63, 3.8) is 0 Å². The topological polar surface area (TPSA) is 52.0 Å². The highest BCUT2D eigenvalue weighted by Crippen LogP contribution is 2.24. The van der Waals surface area contributed by atoms with E-state index in [1.54, 1.807) is 11.0 Å². The van der Waals surface area contributed by atoms with Gasteiger partial charge in [-0.05, 0) is 11.1 Å². The summed E-state index contributed by atoms with van der Waals surface area (Å²) in [6.07, 6.45) is 1.71. The van der Waals surface area contributed by atoms with Crippen molar-refractivity contribution >= 4 is 0 Å². The number of nitrogens with zero attached hydrogens (tertiary/aromatic N) is 3. The van der Waals surface area contributed by atoms with E-state index in [4.69, 9.17) is 4.74 Å². The Labute approximate surface area is 106 Å². The molecule has 5 heteroatoms. The Bertz CT molecular complexity index is 537. The average Bonchev–Trinajstić information content (AvgIpc) is 2.82. The quantitative estimate of drug-likeness (QED) is 0.880. The molecule has 94 valence electrons. The number of benzene rings is 1. The van der Waals surface area contributed by atoms with Crippen LogP contribution in [0, 0.1) is 0 Å². The smallest absolute Gasteiger partial charge is 0.164 e. The van der Waals surface area contributed by atoms with Crippen molar-refractivity contribution in [1.82, 2.24) is 20.1 Å². The van der Waals surface area contributed by atoms with Crippen molar-refractivity contribution in [3.8, 4) is 0 Å². The Balaban J connectivity index is 1.71. The fourth-order valence-corrected chi connectivity index (χ4v) is 2.23. The van der Waals surface area contributed by atoms with Gasteiger partial charge in [0.1, 0.15) is 6.33 Å². The van der Waals surface area contributed by atoms with Gasteiger partial charge in [0, 0.05) is 7.05 Å². The summed E-state index contributed by atoms with van der Waals surface area (Å²) in [6, 6.07) is 8.60. The first-order valence-electron chi connectivity index (χ1n) is 6.06. The van der Waals surface area contributed by atoms with Gasteiger partial charge in [0.15, 0.2) is 5.82 Å². The molecule has 0 aliphatic carbocycles. The molecule has 0 bridgehead atoms. The van der Waals surface area contributed by atoms with Crippen molar-refractivity contribution < 1.29 is 4.74 Å². The molecule has 1 N–H and O–H groups in total. The van der Waals surface area contributed by atoms with E-state index in [0.29, 0.717) is 19.8 Å². The average molecular weight is 244 g/mol. The monoisotopic (exact) mass is 244 g/mol. The number of ether oxygens (including phenoxy) is 1. The SMILES string of the molecule is Cn1cnc(CNC2COCc3ccccc32)n1. The van der Waals surface area contributed by atoms with Crippen LogP contribution < -0.4 is 5.32 Å². The lowest BCUT2D eigenvalue weighted by Gasteiger charge is -2.26. The second-order valence-corrected chi connectivity index (χ2v) is 4.48. The Hall–Kier alpha value is -1.72. The van der Waals surface area contributed by atoms with Crippen LogP contribution in [0.3, 0.4) is 0 Å². The van der Waals surface area contributed by atoms with Gasteiger partial charge in [-0.2, -0.15) is 5.10 Å². The van der Waals surface area contributed by atoms with Gasteiger partial charge in [0.05, 0.1) is 25.8 Å². The molecule has 1 atom stereocenters. The first-order valence-corrected chi connectivity index (χ1v) is 6.06. The fourth-order valence-electron chi connectivity index (χ4n) is 2.23. The number of nitrogens with one attached hydrogen (secondary N) is 1. The maximum absolute atomic E-state index is 5.59. The molecular weight excluding hydrogens is 228 g/mol. The Morgan fingerprint density at radius 3 is 3.17 bits per heavy atom. The molecular formula is C13H16N4O. The lowest BCUT2D eigenvalue weighted by Crippen LogP contribution is -2.29. The van der Waals surface area contributed by atoms with Crippen LogP contribution in [0.1, 0.15) is 23.0 Å². The molecule has 3 rings (SSSR count). The third-order valence-electron chi connectivity index (χ3n) is 3.13. The molecule has 1 aromatic carbocycles. The lowest BCUT2D eigenvalue weighted by molar-refractivity contribution is 0.0815. The summed E-state index contributed by atoms with van der Waals surface area (Å²) in [5.74, 6) is 0.806. The van der Waals surface area contributed by atoms with Crippen molar-refractivity contribution in [2.24, 2.45) is 7.05 Å². The van der Waals surface area contributed by atoms with Crippen molar-refractivity contribution in [2.45, 2.75) is 19.2 Å². The van der Waals surface area contributed by atoms with Crippen LogP contribution in [0.4, 0.5) is 0 Å². The van der Waals surface area contributed by atoms with Gasteiger partial charge in [-0.15, -0.1) is 0 Å². The zero-order valence-electron chi connectivity index (χ0n) is 10.3. The summed E-state index contributed by atoms with van der Waals surface area (Å²) in [5, 5.41) is 7.70. The highest BCUT2D eigenvalue weighted by atomic mass is 16.5. The predicted octanol–water partition coefficient (Wildman–Crippen LogP) is 1.18. The van der Waals surface area contributed by atoms with Crippen molar-refractivity contribution in [1.29, 1.82) is 0 Å². The lowest BCUT2D eigenvalue weighted by atomic mass is 9.99. The zero-order chi connectivity index (χ0) is 12.4. The molecule has 0 radical (unpaired) electrons. The summed E-state index contributed by atoms with van der Waals surface area (Å²) in [6.45, 7) is 2.06. The fraction of sp³-hybridized carbons (Fsp3) is 0.385. The summed E-state index contributed by atoms with van der Waals surface area (Å²) in [7, 11) is 1.87. The molecule has 2 aromatic rings. The summed E-state index contributed by atoms with van der Waals surface area (Å²) >= 11 is 0. The molecule has 0 amide bonds. The Kier molecular flexibility index (Phi) is 3.08. The van der Waals surface area contributed by atoms with E-state index >= 15 is 0 Å². The van der Waals surface area contributed by atoms with Gasteiger partial charge >= 0.3 is 0 Å². The third kappa shape index (κ3) is 2.27. The molecule has 1 aliphatic rings. The van der Waals surface area contributed by atoms with E-state index in [-0.39, 0.29) is 6.04 Å². The summed E-state index contributed by atoms with van der Waals surface area (Å²) in [4.78, 5) is 4.20. The molecule has 18 heavy (non-hydrogen) atoms. The number of hydrogen-bond donors (Lipinski definition) is 1. The van der Waals surface area contributed by atoms with Crippen LogP contribution in [0.15, 0.2) is 30.6 Å². The van der Waals surface area contributed by atoms with Gasteiger partial charge in [0.25, 0.3) is 0 Å². The molecule has 5 nitrogen and oxygen atoms in total. The first-order chi connectivity index (χ1) is 8.83. The minimum absolute atomic E-state index is 0.221. The van der Waals surface area contributed by atoms with Crippen molar-refractivity contribution in [3.05, 3.63) is 47.5 Å². The summed E-state index contributed by atoms with van der Waals surface area (Å²) < 4.78 is 7.30. The van der Waals surface area contributed by atoms with Gasteiger partial charge < -0.3 is 10.1 Å². The van der Waals surface area contributed by atoms with Gasteiger partial charge in [-0.25, -0.2) is 4.98 Å². The molecule has 0 saturated heterocycles. The molecule has 2 heterocycles. The molecule has 1 aromatic heterocycles. The highest BCUT2D eigenvalue weighted by molar-refractivity contribution is 5.31. The van der Waals surface area contributed by atoms with E-state index < -0.39 is 0 Å². The van der Waals surface area contributed by atoms with Gasteiger partial charge in [0.2, 0.25) is 0 Å². The van der Waals surface area contributed by atoms with Crippen LogP contribution in [0.5, 0.6) is 0 Å². The Morgan fingerprint density at radius 2 is 2.33 bits per heavy atom. The maximum atomic E-state index is 5.59. The van der Waals surface area contributed by atoms with E-state index in [0.717, 1.165) is 5.82 Å². The molecule has 0 fully saturated rings. The van der Waals surface area contributed by atoms with E-state index in [9.17, 15) is 0 Å². The highest BCUT2D eigenvalue weighted by Gasteiger charge is 2.19. The second kappa shape index (κ2) is 4.88. The molecule has 1 unspecified atom stereocenters. The second-order valence-electron chi connectivity index (χ2n) is 4.48. The standard InChI is InChI=1S/C13H16N4O/c1-17-9-15-13(16-17)6-14-12-8-18-7-10-4-2-3-5-11(10)12/h2-5,9,12,14H,6-8H2,1H3. The number of aromatic nitrogens is 3. The van der Waals surface area contributed by atoms with Crippen molar-refractivity contribution in [2.75, 3.05) is 6.61 Å². The van der Waals surface area contributed by atoms with E-state index in [1.165, 1.54) is 11.1 Å². The summed E-state index contributed by atoms with van der Waals surface area (Å²) in [5.41, 5.74) is 2.58. The molecule has 0 spiro atoms. The van der Waals surface area contributed by atoms with Crippen LogP contribution in [0.25, 0.3) is 0 Å². The van der Waals surface area contributed by atoms with Crippen LogP contribution >= 0.6 is 0 Å². The number of hydrogen-bond acceptors (Lipinski definition) is 4.